The van der Waals surface area contributed by atoms with Crippen molar-refractivity contribution >= 4 is 11.9 Å². The number of hydrogen-bond donors (Lipinski definition) is 1. The summed E-state index contributed by atoms with van der Waals surface area (Å²) in [5, 5.41) is 10.5. The van der Waals surface area contributed by atoms with Crippen molar-refractivity contribution in [2.45, 2.75) is 65.3 Å². The van der Waals surface area contributed by atoms with Crippen LogP contribution in [-0.4, -0.2) is 91.3 Å². The van der Waals surface area contributed by atoms with E-state index in [0.717, 1.165) is 37.9 Å². The maximum atomic E-state index is 13.7. The third kappa shape index (κ3) is 7.73. The molecule has 1 aromatic carbocycles. The molecule has 0 saturated carbocycles. The molecule has 0 radical (unpaired) electrons. The Morgan fingerprint density at radius 2 is 1.84 bits per heavy atom. The summed E-state index contributed by atoms with van der Waals surface area (Å²) in [7, 11) is 4.09. The van der Waals surface area contributed by atoms with Crippen LogP contribution in [0, 0.1) is 11.3 Å². The molecule has 212 valence electrons. The number of benzene rings is 1. The number of hydrogen-bond acceptors (Lipinski definition) is 6. The molecule has 1 fully saturated rings. The molecule has 2 aliphatic heterocycles. The highest BCUT2D eigenvalue weighted by Crippen LogP contribution is 2.45. The number of aliphatic carboxylic acids is 1. The Morgan fingerprint density at radius 1 is 1.13 bits per heavy atom. The lowest BCUT2D eigenvalue weighted by molar-refractivity contribution is -0.144. The van der Waals surface area contributed by atoms with E-state index >= 15 is 0 Å². The second-order valence-electron chi connectivity index (χ2n) is 11.7. The zero-order chi connectivity index (χ0) is 27.9. The molecule has 0 aromatic heterocycles. The van der Waals surface area contributed by atoms with E-state index in [1.807, 2.05) is 50.2 Å². The highest BCUT2D eigenvalue weighted by molar-refractivity contribution is 5.79. The fourth-order valence-corrected chi connectivity index (χ4v) is 5.85. The summed E-state index contributed by atoms with van der Waals surface area (Å²) >= 11 is 0. The van der Waals surface area contributed by atoms with Gasteiger partial charge in [0.15, 0.2) is 11.5 Å². The van der Waals surface area contributed by atoms with Crippen LogP contribution in [0.3, 0.4) is 0 Å². The van der Waals surface area contributed by atoms with E-state index in [4.69, 9.17) is 9.47 Å². The zero-order valence-corrected chi connectivity index (χ0v) is 24.1. The molecule has 1 aromatic rings. The molecule has 3 atom stereocenters. The van der Waals surface area contributed by atoms with Gasteiger partial charge >= 0.3 is 5.97 Å². The van der Waals surface area contributed by atoms with Crippen LogP contribution in [0.5, 0.6) is 11.5 Å². The number of carbonyl (C=O) groups is 2. The van der Waals surface area contributed by atoms with Crippen LogP contribution in [-0.2, 0) is 9.59 Å². The Balaban J connectivity index is 1.89. The Morgan fingerprint density at radius 3 is 2.50 bits per heavy atom. The number of rotatable bonds is 14. The third-order valence-corrected chi connectivity index (χ3v) is 7.72. The summed E-state index contributed by atoms with van der Waals surface area (Å²) in [5.74, 6) is -0.289. The molecule has 2 heterocycles. The van der Waals surface area contributed by atoms with Crippen molar-refractivity contribution in [3.05, 3.63) is 35.9 Å². The molecule has 0 aliphatic carbocycles. The monoisotopic (exact) mass is 529 g/mol. The van der Waals surface area contributed by atoms with Crippen molar-refractivity contribution in [3.63, 3.8) is 0 Å². The Bertz CT molecular complexity index is 977. The quantitative estimate of drug-likeness (QED) is 0.357. The number of amides is 1. The summed E-state index contributed by atoms with van der Waals surface area (Å²) < 4.78 is 11.1. The molecular weight excluding hydrogens is 482 g/mol. The van der Waals surface area contributed by atoms with Gasteiger partial charge in [0.25, 0.3) is 0 Å². The Kier molecular flexibility index (Phi) is 10.6. The summed E-state index contributed by atoms with van der Waals surface area (Å²) in [6, 6.07) is 5.45. The molecule has 8 heteroatoms. The average molecular weight is 530 g/mol. The van der Waals surface area contributed by atoms with E-state index in [1.54, 1.807) is 0 Å². The van der Waals surface area contributed by atoms with Gasteiger partial charge in [-0.1, -0.05) is 45.4 Å². The van der Waals surface area contributed by atoms with E-state index < -0.39 is 11.9 Å². The number of unbranched alkanes of at least 4 members (excludes halogenated alkanes) is 1. The van der Waals surface area contributed by atoms with Gasteiger partial charge in [0.05, 0.1) is 12.5 Å². The van der Waals surface area contributed by atoms with Gasteiger partial charge in [-0.05, 0) is 69.9 Å². The van der Waals surface area contributed by atoms with Gasteiger partial charge in [0, 0.05) is 31.6 Å². The molecule has 3 rings (SSSR count). The van der Waals surface area contributed by atoms with Crippen molar-refractivity contribution in [2.75, 3.05) is 53.6 Å². The summed E-state index contributed by atoms with van der Waals surface area (Å²) in [5.41, 5.74) is 0.713. The molecule has 1 saturated heterocycles. The van der Waals surface area contributed by atoms with Crippen molar-refractivity contribution in [1.82, 2.24) is 14.7 Å². The second kappa shape index (κ2) is 13.5. The maximum Gasteiger partial charge on any atom is 0.308 e. The van der Waals surface area contributed by atoms with Gasteiger partial charge in [0.1, 0.15) is 0 Å². The molecular formula is C30H47N3O5. The van der Waals surface area contributed by atoms with Crippen LogP contribution < -0.4 is 9.47 Å². The average Bonchev–Trinajstić information content (AvgIpc) is 3.44. The van der Waals surface area contributed by atoms with Gasteiger partial charge in [-0.2, -0.15) is 0 Å². The molecule has 1 N–H and O–H groups in total. The van der Waals surface area contributed by atoms with Gasteiger partial charge in [-0.3, -0.25) is 14.5 Å². The Labute approximate surface area is 228 Å². The van der Waals surface area contributed by atoms with Crippen LogP contribution >= 0.6 is 0 Å². The van der Waals surface area contributed by atoms with Crippen LogP contribution in [0.25, 0.3) is 0 Å². The van der Waals surface area contributed by atoms with Crippen molar-refractivity contribution < 1.29 is 24.2 Å². The zero-order valence-electron chi connectivity index (χ0n) is 24.1. The predicted molar refractivity (Wildman–Crippen MR) is 150 cm³/mol. The lowest BCUT2D eigenvalue weighted by Gasteiger charge is -2.34. The highest BCUT2D eigenvalue weighted by atomic mass is 16.7. The summed E-state index contributed by atoms with van der Waals surface area (Å²) in [4.78, 5) is 32.7. The van der Waals surface area contributed by atoms with E-state index in [0.29, 0.717) is 31.0 Å². The fourth-order valence-electron chi connectivity index (χ4n) is 5.85. The number of allylic oxidation sites excluding steroid dienone is 2. The topological polar surface area (TPSA) is 82.5 Å². The largest absolute Gasteiger partial charge is 0.481 e. The van der Waals surface area contributed by atoms with Gasteiger partial charge in [0.2, 0.25) is 12.7 Å². The number of fused-ring (bicyclic) bond motifs is 1. The second-order valence-corrected chi connectivity index (χ2v) is 11.7. The first-order valence-corrected chi connectivity index (χ1v) is 14.0. The smallest absolute Gasteiger partial charge is 0.308 e. The number of likely N-dealkylation sites (tertiary alicyclic amines) is 1. The van der Waals surface area contributed by atoms with Gasteiger partial charge in [-0.25, -0.2) is 0 Å². The predicted octanol–water partition coefficient (Wildman–Crippen LogP) is 4.46. The number of carbonyl (C=O) groups excluding carboxylic acids is 1. The molecule has 1 amide bonds. The van der Waals surface area contributed by atoms with E-state index in [2.05, 4.69) is 36.6 Å². The SMILES string of the molecule is CC=CC(C)(C)C[C@H]1[C@H](C(=O)O)[C@@H](c2ccc3c(c2)OCO3)CN1CC(=O)N(CCCC)CCCN(C)C. The normalized spacial score (nSPS) is 21.5. The van der Waals surface area contributed by atoms with Crippen LogP contribution in [0.2, 0.25) is 0 Å². The maximum absolute atomic E-state index is 13.7. The summed E-state index contributed by atoms with van der Waals surface area (Å²) in [6.45, 7) is 11.7. The van der Waals surface area contributed by atoms with Gasteiger partial charge < -0.3 is 24.4 Å². The molecule has 38 heavy (non-hydrogen) atoms. The third-order valence-electron chi connectivity index (χ3n) is 7.72. The van der Waals surface area contributed by atoms with Crippen LogP contribution in [0.4, 0.5) is 0 Å². The molecule has 2 aliphatic rings. The number of ether oxygens (including phenoxy) is 2. The standard InChI is InChI=1S/C30H47N3O5/c1-7-9-15-32(16-10-14-31(5)6)27(34)20-33-19-23(22-11-12-25-26(17-22)38-21-37-25)28(29(35)36)24(33)18-30(3,4)13-8-2/h8,11-13,17,23-24,28H,7,9-10,14-16,18-21H2,1-6H3,(H,35,36)/t23-,24+,28-/m1/s1. The molecule has 0 spiro atoms. The van der Waals surface area contributed by atoms with Crippen LogP contribution in [0.15, 0.2) is 30.4 Å². The van der Waals surface area contributed by atoms with E-state index in [-0.39, 0.29) is 36.6 Å². The summed E-state index contributed by atoms with van der Waals surface area (Å²) in [6.07, 6.45) is 7.70. The first kappa shape index (κ1) is 30.0. The molecule has 0 unspecified atom stereocenters. The number of nitrogens with zero attached hydrogens (tertiary/aromatic N) is 3. The minimum absolute atomic E-state index is 0.0847. The molecule has 8 nitrogen and oxygen atoms in total. The number of carboxylic acids is 1. The lowest BCUT2D eigenvalue weighted by Crippen LogP contribution is -2.46. The van der Waals surface area contributed by atoms with Crippen LogP contribution in [0.1, 0.15) is 64.9 Å². The van der Waals surface area contributed by atoms with E-state index in [1.165, 1.54) is 0 Å². The van der Waals surface area contributed by atoms with Gasteiger partial charge in [-0.15, -0.1) is 0 Å². The molecule has 0 bridgehead atoms. The minimum Gasteiger partial charge on any atom is -0.481 e. The number of carboxylic acid groups (broad SMARTS) is 1. The Hall–Kier alpha value is -2.58. The fraction of sp³-hybridized carbons (Fsp3) is 0.667. The lowest BCUT2D eigenvalue weighted by atomic mass is 9.77. The van der Waals surface area contributed by atoms with Crippen molar-refractivity contribution in [1.29, 1.82) is 0 Å². The van der Waals surface area contributed by atoms with E-state index in [9.17, 15) is 14.7 Å². The highest BCUT2D eigenvalue weighted by Gasteiger charge is 2.48. The first-order valence-electron chi connectivity index (χ1n) is 14.0. The minimum atomic E-state index is -0.822. The first-order chi connectivity index (χ1) is 18.1. The van der Waals surface area contributed by atoms with Crippen molar-refractivity contribution in [3.8, 4) is 11.5 Å². The van der Waals surface area contributed by atoms with Crippen molar-refractivity contribution in [2.24, 2.45) is 11.3 Å².